The van der Waals surface area contributed by atoms with Gasteiger partial charge in [-0.1, -0.05) is 81.4 Å². The van der Waals surface area contributed by atoms with Gasteiger partial charge in [0.25, 0.3) is 8.32 Å². The number of hydrogen-bond acceptors (Lipinski definition) is 5. The minimum atomic E-state index is -3.02. The van der Waals surface area contributed by atoms with Crippen LogP contribution >= 0.6 is 0 Å². The topological polar surface area (TPSA) is 76.0 Å². The second-order valence-electron chi connectivity index (χ2n) is 8.76. The van der Waals surface area contributed by atoms with E-state index >= 15 is 0 Å². The van der Waals surface area contributed by atoms with E-state index < -0.39 is 45.0 Å². The minimum Gasteiger partial charge on any atom is -0.453 e. The summed E-state index contributed by atoms with van der Waals surface area (Å²) in [5.41, 5.74) is 0. The lowest BCUT2D eigenvalue weighted by Crippen LogP contribution is -2.68. The maximum Gasteiger partial charge on any atom is 0.367 e. The first-order valence-electron chi connectivity index (χ1n) is 10.3. The molecule has 0 spiro atoms. The van der Waals surface area contributed by atoms with Crippen molar-refractivity contribution in [1.29, 1.82) is 0 Å². The van der Waals surface area contributed by atoms with Gasteiger partial charge in [0.2, 0.25) is 5.83 Å². The Morgan fingerprint density at radius 2 is 1.58 bits per heavy atom. The van der Waals surface area contributed by atoms with Crippen molar-refractivity contribution in [2.24, 2.45) is 0 Å². The zero-order chi connectivity index (χ0) is 22.6. The molecule has 0 saturated carbocycles. The van der Waals surface area contributed by atoms with Gasteiger partial charge in [-0.05, 0) is 21.5 Å². The number of rotatable bonds is 8. The number of benzene rings is 2. The third kappa shape index (κ3) is 4.80. The van der Waals surface area contributed by atoms with Crippen LogP contribution < -0.4 is 10.4 Å². The van der Waals surface area contributed by atoms with Crippen molar-refractivity contribution in [3.8, 4) is 0 Å². The van der Waals surface area contributed by atoms with E-state index in [0.29, 0.717) is 0 Å². The Hall–Kier alpha value is -2.32. The summed E-state index contributed by atoms with van der Waals surface area (Å²) >= 11 is 0. The molecule has 5 nitrogen and oxygen atoms in total. The molecule has 1 aliphatic rings. The molecule has 0 fully saturated rings. The van der Waals surface area contributed by atoms with Gasteiger partial charge >= 0.3 is 5.97 Å². The molecule has 0 radical (unpaired) electrons. The fourth-order valence-corrected chi connectivity index (χ4v) is 8.85. The molecule has 166 valence electrons. The van der Waals surface area contributed by atoms with Crippen LogP contribution in [0.1, 0.15) is 27.2 Å². The summed E-state index contributed by atoms with van der Waals surface area (Å²) in [5.74, 6) is -1.97. The maximum absolute atomic E-state index is 13.6. The zero-order valence-corrected chi connectivity index (χ0v) is 19.0. The third-order valence-corrected chi connectivity index (χ3v) is 10.7. The molecule has 3 unspecified atom stereocenters. The average molecular weight is 445 g/mol. The summed E-state index contributed by atoms with van der Waals surface area (Å²) in [7, 11) is -3.02. The van der Waals surface area contributed by atoms with Gasteiger partial charge in [-0.3, -0.25) is 0 Å². The summed E-state index contributed by atoms with van der Waals surface area (Å²) in [6, 6.07) is 19.7. The van der Waals surface area contributed by atoms with Crippen molar-refractivity contribution in [2.75, 3.05) is 6.61 Å². The fourth-order valence-electron chi connectivity index (χ4n) is 4.12. The van der Waals surface area contributed by atoms with Crippen molar-refractivity contribution in [1.82, 2.24) is 0 Å². The molecule has 31 heavy (non-hydrogen) atoms. The van der Waals surface area contributed by atoms with Crippen LogP contribution in [0.25, 0.3) is 0 Å². The van der Waals surface area contributed by atoms with Gasteiger partial charge in [0, 0.05) is 6.42 Å². The lowest BCUT2D eigenvalue weighted by molar-refractivity contribution is -0.142. The summed E-state index contributed by atoms with van der Waals surface area (Å²) in [4.78, 5) is 11.5. The van der Waals surface area contributed by atoms with Crippen LogP contribution in [0.2, 0.25) is 5.04 Å². The first-order chi connectivity index (χ1) is 14.7. The molecule has 0 bridgehead atoms. The van der Waals surface area contributed by atoms with Crippen molar-refractivity contribution >= 4 is 24.7 Å². The normalized spacial score (nSPS) is 19.0. The molecule has 1 heterocycles. The van der Waals surface area contributed by atoms with Crippen LogP contribution in [0.3, 0.4) is 0 Å². The van der Waals surface area contributed by atoms with Gasteiger partial charge in [0.15, 0.2) is 0 Å². The van der Waals surface area contributed by atoms with E-state index in [-0.39, 0.29) is 11.5 Å². The molecule has 2 aromatic rings. The molecule has 0 aromatic heterocycles. The predicted octanol–water partition coefficient (Wildman–Crippen LogP) is 2.45. The Labute approximate surface area is 183 Å². The lowest BCUT2D eigenvalue weighted by Gasteiger charge is -2.46. The Kier molecular flexibility index (Phi) is 7.11. The van der Waals surface area contributed by atoms with Crippen LogP contribution in [0, 0.1) is 0 Å². The van der Waals surface area contributed by atoms with Gasteiger partial charge in [0.05, 0.1) is 12.7 Å². The predicted molar refractivity (Wildman–Crippen MR) is 119 cm³/mol. The first kappa shape index (κ1) is 23.3. The molecule has 2 N–H and O–H groups in total. The first-order valence-corrected chi connectivity index (χ1v) is 12.3. The largest absolute Gasteiger partial charge is 0.453 e. The molecule has 0 amide bonds. The maximum atomic E-state index is 13.6. The van der Waals surface area contributed by atoms with Crippen molar-refractivity contribution in [3.63, 3.8) is 0 Å². The number of aliphatic hydroxyl groups excluding tert-OH is 2. The SMILES string of the molecule is CC(C)(C)[Si](OC(CC1C=C(F)C(=O)O1)C(O)CO)(c1ccccc1)c1ccccc1. The van der Waals surface area contributed by atoms with E-state index in [1.165, 1.54) is 0 Å². The number of carbonyl (C=O) groups excluding carboxylic acids is 1. The second kappa shape index (κ2) is 9.44. The van der Waals surface area contributed by atoms with Crippen LogP contribution in [-0.4, -0.2) is 49.4 Å². The van der Waals surface area contributed by atoms with E-state index in [9.17, 15) is 19.4 Å². The molecule has 0 saturated heterocycles. The van der Waals surface area contributed by atoms with Gasteiger partial charge in [-0.15, -0.1) is 0 Å². The van der Waals surface area contributed by atoms with Crippen LogP contribution in [-0.2, 0) is 14.0 Å². The third-order valence-electron chi connectivity index (χ3n) is 5.61. The second-order valence-corrected chi connectivity index (χ2v) is 13.0. The summed E-state index contributed by atoms with van der Waals surface area (Å²) < 4.78 is 25.5. The smallest absolute Gasteiger partial charge is 0.367 e. The number of hydrogen-bond donors (Lipinski definition) is 2. The lowest BCUT2D eigenvalue weighted by atomic mass is 10.1. The fraction of sp³-hybridized carbons (Fsp3) is 0.375. The summed E-state index contributed by atoms with van der Waals surface area (Å²) in [5, 5.41) is 22.0. The highest BCUT2D eigenvalue weighted by Crippen LogP contribution is 2.38. The van der Waals surface area contributed by atoms with Crippen molar-refractivity contribution < 1.29 is 28.6 Å². The van der Waals surface area contributed by atoms with Crippen molar-refractivity contribution in [2.45, 2.75) is 50.5 Å². The molecular weight excluding hydrogens is 415 g/mol. The monoisotopic (exact) mass is 444 g/mol. The van der Waals surface area contributed by atoms with E-state index in [0.717, 1.165) is 16.4 Å². The van der Waals surface area contributed by atoms with Gasteiger partial charge in [-0.2, -0.15) is 4.39 Å². The molecule has 7 heteroatoms. The Morgan fingerprint density at radius 1 is 1.06 bits per heavy atom. The molecule has 1 aliphatic heterocycles. The molecule has 0 aliphatic carbocycles. The molecular formula is C24H29FO5Si. The highest BCUT2D eigenvalue weighted by molar-refractivity contribution is 6.99. The van der Waals surface area contributed by atoms with Gasteiger partial charge < -0.3 is 19.4 Å². The van der Waals surface area contributed by atoms with Crippen LogP contribution in [0.5, 0.6) is 0 Å². The highest BCUT2D eigenvalue weighted by atomic mass is 28.4. The van der Waals surface area contributed by atoms with E-state index in [4.69, 9.17) is 9.16 Å². The van der Waals surface area contributed by atoms with Gasteiger partial charge in [-0.25, -0.2) is 4.79 Å². The standard InChI is InChI=1S/C24H29FO5Si/c1-24(2,3)31(18-10-6-4-7-11-18,19-12-8-5-9-13-19)30-22(21(27)16-26)15-17-14-20(25)23(28)29-17/h4-14,17,21-22,26-27H,15-16H2,1-3H3. The van der Waals surface area contributed by atoms with Crippen molar-refractivity contribution in [3.05, 3.63) is 72.6 Å². The Morgan fingerprint density at radius 3 is 1.97 bits per heavy atom. The van der Waals surface area contributed by atoms with E-state index in [1.54, 1.807) is 0 Å². The number of esters is 1. The number of halogens is 1. The molecule has 3 rings (SSSR count). The number of ether oxygens (including phenoxy) is 1. The summed E-state index contributed by atoms with van der Waals surface area (Å²) in [6.45, 7) is 5.75. The molecule has 3 atom stereocenters. The number of carbonyl (C=O) groups is 1. The van der Waals surface area contributed by atoms with E-state index in [1.807, 2.05) is 60.7 Å². The number of aliphatic hydroxyl groups is 2. The van der Waals surface area contributed by atoms with Crippen LogP contribution in [0.4, 0.5) is 4.39 Å². The Balaban J connectivity index is 2.10. The Bertz CT molecular complexity index is 871. The minimum absolute atomic E-state index is 0.0331. The van der Waals surface area contributed by atoms with E-state index in [2.05, 4.69) is 20.8 Å². The average Bonchev–Trinajstić information content (AvgIpc) is 3.07. The van der Waals surface area contributed by atoms with Crippen LogP contribution in [0.15, 0.2) is 72.6 Å². The van der Waals surface area contributed by atoms with Gasteiger partial charge in [0.1, 0.15) is 12.2 Å². The highest BCUT2D eigenvalue weighted by Gasteiger charge is 2.52. The zero-order valence-electron chi connectivity index (χ0n) is 18.0. The number of cyclic esters (lactones) is 1. The summed E-state index contributed by atoms with van der Waals surface area (Å²) in [6.07, 6.45) is -1.84. The molecule has 2 aromatic carbocycles. The quantitative estimate of drug-likeness (QED) is 0.483.